The van der Waals surface area contributed by atoms with Gasteiger partial charge in [0.2, 0.25) is 5.91 Å². The Morgan fingerprint density at radius 2 is 1.90 bits per heavy atom. The standard InChI is InChI=1S/C24H36N6O/c1-3-29(4-2)24(23-25-26-27-30(23)21-14-8-9-15-21)17-18-28(19-24)22(31)16-10-13-20-11-6-5-7-12-20/h5-7,11-12,21H,3-4,8-10,13-19H2,1-2H3. The summed E-state index contributed by atoms with van der Waals surface area (Å²) in [6.45, 7) is 7.69. The molecule has 7 heteroatoms. The number of carbonyl (C=O) groups excluding carboxylic acids is 1. The molecule has 31 heavy (non-hydrogen) atoms. The second kappa shape index (κ2) is 9.90. The summed E-state index contributed by atoms with van der Waals surface area (Å²) >= 11 is 0. The average molecular weight is 425 g/mol. The number of nitrogens with zero attached hydrogens (tertiary/aromatic N) is 6. The van der Waals surface area contributed by atoms with Crippen LogP contribution in [-0.4, -0.2) is 62.1 Å². The molecule has 1 aliphatic heterocycles. The molecule has 0 bridgehead atoms. The highest BCUT2D eigenvalue weighted by Crippen LogP contribution is 2.40. The Morgan fingerprint density at radius 1 is 1.16 bits per heavy atom. The highest BCUT2D eigenvalue weighted by Gasteiger charge is 2.49. The van der Waals surface area contributed by atoms with E-state index in [1.807, 2.05) is 6.07 Å². The summed E-state index contributed by atoms with van der Waals surface area (Å²) in [5, 5.41) is 13.1. The van der Waals surface area contributed by atoms with Crippen LogP contribution in [0.3, 0.4) is 0 Å². The van der Waals surface area contributed by atoms with E-state index in [1.165, 1.54) is 18.4 Å². The highest BCUT2D eigenvalue weighted by atomic mass is 16.2. The lowest BCUT2D eigenvalue weighted by molar-refractivity contribution is -0.130. The zero-order valence-corrected chi connectivity index (χ0v) is 19.0. The van der Waals surface area contributed by atoms with Gasteiger partial charge in [-0.15, -0.1) is 5.10 Å². The van der Waals surface area contributed by atoms with Gasteiger partial charge in [-0.2, -0.15) is 0 Å². The van der Waals surface area contributed by atoms with Gasteiger partial charge in [0.25, 0.3) is 0 Å². The minimum absolute atomic E-state index is 0.254. The number of likely N-dealkylation sites (tertiary alicyclic amines) is 1. The van der Waals surface area contributed by atoms with Crippen molar-refractivity contribution in [1.29, 1.82) is 0 Å². The summed E-state index contributed by atoms with van der Waals surface area (Å²) < 4.78 is 2.09. The fourth-order valence-corrected chi connectivity index (χ4v) is 5.56. The molecule has 1 aromatic heterocycles. The van der Waals surface area contributed by atoms with Gasteiger partial charge in [0, 0.05) is 19.5 Å². The number of aryl methyl sites for hydroxylation is 1. The maximum absolute atomic E-state index is 13.1. The summed E-state index contributed by atoms with van der Waals surface area (Å²) in [6, 6.07) is 10.8. The minimum Gasteiger partial charge on any atom is -0.340 e. The van der Waals surface area contributed by atoms with Crippen LogP contribution in [0.15, 0.2) is 30.3 Å². The monoisotopic (exact) mass is 424 g/mol. The van der Waals surface area contributed by atoms with Crippen LogP contribution in [0.4, 0.5) is 0 Å². The lowest BCUT2D eigenvalue weighted by Gasteiger charge is -2.39. The maximum atomic E-state index is 13.1. The molecule has 1 amide bonds. The summed E-state index contributed by atoms with van der Waals surface area (Å²) in [6.07, 6.45) is 8.10. The van der Waals surface area contributed by atoms with Gasteiger partial charge in [0.05, 0.1) is 6.04 Å². The van der Waals surface area contributed by atoms with E-state index < -0.39 is 0 Å². The Bertz CT molecular complexity index is 843. The number of carbonyl (C=O) groups is 1. The first-order valence-electron chi connectivity index (χ1n) is 12.0. The molecule has 1 unspecified atom stereocenters. The largest absolute Gasteiger partial charge is 0.340 e. The number of likely N-dealkylation sites (N-methyl/N-ethyl adjacent to an activating group) is 1. The Balaban J connectivity index is 1.48. The summed E-state index contributed by atoms with van der Waals surface area (Å²) in [7, 11) is 0. The van der Waals surface area contributed by atoms with E-state index in [9.17, 15) is 4.79 Å². The van der Waals surface area contributed by atoms with Gasteiger partial charge in [-0.1, -0.05) is 57.0 Å². The van der Waals surface area contributed by atoms with Crippen molar-refractivity contribution in [3.63, 3.8) is 0 Å². The van der Waals surface area contributed by atoms with Gasteiger partial charge in [-0.05, 0) is 61.2 Å². The fourth-order valence-electron chi connectivity index (χ4n) is 5.56. The number of hydrogen-bond acceptors (Lipinski definition) is 5. The Hall–Kier alpha value is -2.28. The molecule has 2 aliphatic rings. The predicted molar refractivity (Wildman–Crippen MR) is 120 cm³/mol. The Kier molecular flexibility index (Phi) is 7.00. The summed E-state index contributed by atoms with van der Waals surface area (Å²) in [5.74, 6) is 1.22. The number of aromatic nitrogens is 4. The molecule has 0 radical (unpaired) electrons. The third kappa shape index (κ3) is 4.52. The molecule has 4 rings (SSSR count). The third-order valence-corrected chi connectivity index (χ3v) is 7.25. The number of hydrogen-bond donors (Lipinski definition) is 0. The van der Waals surface area contributed by atoms with Crippen LogP contribution in [-0.2, 0) is 16.8 Å². The molecule has 1 aromatic carbocycles. The van der Waals surface area contributed by atoms with E-state index >= 15 is 0 Å². The van der Waals surface area contributed by atoms with E-state index in [0.29, 0.717) is 19.0 Å². The van der Waals surface area contributed by atoms with E-state index in [0.717, 1.165) is 57.6 Å². The second-order valence-corrected chi connectivity index (χ2v) is 8.99. The molecule has 2 fully saturated rings. The van der Waals surface area contributed by atoms with Crippen molar-refractivity contribution in [3.8, 4) is 0 Å². The Morgan fingerprint density at radius 3 is 2.61 bits per heavy atom. The first-order chi connectivity index (χ1) is 15.2. The van der Waals surface area contributed by atoms with Gasteiger partial charge in [0.15, 0.2) is 5.82 Å². The molecular formula is C24H36N6O. The van der Waals surface area contributed by atoms with Crippen molar-refractivity contribution >= 4 is 5.91 Å². The van der Waals surface area contributed by atoms with Crippen LogP contribution >= 0.6 is 0 Å². The summed E-state index contributed by atoms with van der Waals surface area (Å²) in [5.41, 5.74) is 1.01. The van der Waals surface area contributed by atoms with E-state index in [1.54, 1.807) is 0 Å². The maximum Gasteiger partial charge on any atom is 0.222 e. The molecule has 7 nitrogen and oxygen atoms in total. The molecule has 0 spiro atoms. The van der Waals surface area contributed by atoms with Crippen molar-refractivity contribution in [2.24, 2.45) is 0 Å². The number of tetrazole rings is 1. The topological polar surface area (TPSA) is 67.2 Å². The molecular weight excluding hydrogens is 388 g/mol. The number of rotatable bonds is 9. The summed E-state index contributed by atoms with van der Waals surface area (Å²) in [4.78, 5) is 17.6. The molecule has 168 valence electrons. The number of amides is 1. The van der Waals surface area contributed by atoms with Crippen molar-refractivity contribution in [2.45, 2.75) is 76.8 Å². The quantitative estimate of drug-likeness (QED) is 0.615. The first-order valence-corrected chi connectivity index (χ1v) is 12.0. The van der Waals surface area contributed by atoms with E-state index in [-0.39, 0.29) is 11.4 Å². The fraction of sp³-hybridized carbons (Fsp3) is 0.667. The van der Waals surface area contributed by atoms with Crippen molar-refractivity contribution < 1.29 is 4.79 Å². The van der Waals surface area contributed by atoms with E-state index in [2.05, 4.69) is 68.1 Å². The zero-order valence-electron chi connectivity index (χ0n) is 19.0. The van der Waals surface area contributed by atoms with Crippen LogP contribution < -0.4 is 0 Å². The lowest BCUT2D eigenvalue weighted by atomic mass is 9.94. The van der Waals surface area contributed by atoms with Gasteiger partial charge >= 0.3 is 0 Å². The lowest BCUT2D eigenvalue weighted by Crippen LogP contribution is -2.50. The average Bonchev–Trinajstić information content (AvgIpc) is 3.55. The van der Waals surface area contributed by atoms with E-state index in [4.69, 9.17) is 0 Å². The van der Waals surface area contributed by atoms with Crippen LogP contribution in [0.1, 0.15) is 76.2 Å². The zero-order chi connectivity index (χ0) is 21.7. The molecule has 1 aliphatic carbocycles. The van der Waals surface area contributed by atoms with Crippen LogP contribution in [0.5, 0.6) is 0 Å². The smallest absolute Gasteiger partial charge is 0.222 e. The molecule has 1 atom stereocenters. The third-order valence-electron chi connectivity index (χ3n) is 7.25. The second-order valence-electron chi connectivity index (χ2n) is 8.99. The van der Waals surface area contributed by atoms with Crippen molar-refractivity contribution in [1.82, 2.24) is 30.0 Å². The number of benzene rings is 1. The molecule has 2 aromatic rings. The van der Waals surface area contributed by atoms with Crippen molar-refractivity contribution in [3.05, 3.63) is 41.7 Å². The van der Waals surface area contributed by atoms with Crippen LogP contribution in [0.25, 0.3) is 0 Å². The minimum atomic E-state index is -0.287. The molecule has 1 saturated carbocycles. The van der Waals surface area contributed by atoms with Gasteiger partial charge in [-0.3, -0.25) is 9.69 Å². The molecule has 1 saturated heterocycles. The Labute approximate surface area is 185 Å². The highest BCUT2D eigenvalue weighted by molar-refractivity contribution is 5.76. The van der Waals surface area contributed by atoms with Crippen molar-refractivity contribution in [2.75, 3.05) is 26.2 Å². The van der Waals surface area contributed by atoms with Gasteiger partial charge in [0.1, 0.15) is 5.54 Å². The normalized spacial score (nSPS) is 22.0. The molecule has 0 N–H and O–H groups in total. The molecule has 2 heterocycles. The SMILES string of the molecule is CCN(CC)C1(c2nnnn2C2CCCC2)CCN(C(=O)CCCc2ccccc2)C1. The predicted octanol–water partition coefficient (Wildman–Crippen LogP) is 3.58. The van der Waals surface area contributed by atoms with Crippen LogP contribution in [0, 0.1) is 0 Å². The van der Waals surface area contributed by atoms with Gasteiger partial charge < -0.3 is 4.90 Å². The van der Waals surface area contributed by atoms with Crippen LogP contribution in [0.2, 0.25) is 0 Å². The first kappa shape index (κ1) is 21.9. The van der Waals surface area contributed by atoms with Gasteiger partial charge in [-0.25, -0.2) is 4.68 Å².